The molecule has 27 heavy (non-hydrogen) atoms. The van der Waals surface area contributed by atoms with Crippen LogP contribution in [0.15, 0.2) is 65.5 Å². The van der Waals surface area contributed by atoms with E-state index in [4.69, 9.17) is 16.6 Å². The lowest BCUT2D eigenvalue weighted by atomic mass is 10.0. The molecule has 4 heterocycles. The first kappa shape index (κ1) is 17.8. The lowest BCUT2D eigenvalue weighted by molar-refractivity contribution is 0.299. The third-order valence-corrected chi connectivity index (χ3v) is 5.38. The van der Waals surface area contributed by atoms with E-state index in [2.05, 4.69) is 51.1 Å². The zero-order valence-corrected chi connectivity index (χ0v) is 16.2. The van der Waals surface area contributed by atoms with Gasteiger partial charge in [-0.25, -0.2) is 0 Å². The topological polar surface area (TPSA) is 46.2 Å². The van der Waals surface area contributed by atoms with Gasteiger partial charge in [0.15, 0.2) is 5.11 Å². The minimum absolute atomic E-state index is 0.0285. The SMILES string of the molecule is CCCCN1C(=S)NC(c2ccccn2)C1c1cccn1Cc1ccco1. The van der Waals surface area contributed by atoms with Gasteiger partial charge in [0.05, 0.1) is 30.6 Å². The number of aromatic nitrogens is 2. The number of furan rings is 1. The standard InChI is InChI=1S/C21H24N4OS/c1-2-3-13-25-20(19(23-21(25)27)17-9-4-5-11-22-17)18-10-6-12-24(18)15-16-8-7-14-26-16/h4-12,14,19-20H,2-3,13,15H2,1H3,(H,23,27). The van der Waals surface area contributed by atoms with Gasteiger partial charge in [0, 0.05) is 24.6 Å². The smallest absolute Gasteiger partial charge is 0.170 e. The third-order valence-electron chi connectivity index (χ3n) is 5.02. The van der Waals surface area contributed by atoms with E-state index in [-0.39, 0.29) is 12.1 Å². The highest BCUT2D eigenvalue weighted by Gasteiger charge is 2.40. The summed E-state index contributed by atoms with van der Waals surface area (Å²) >= 11 is 5.70. The molecule has 2 atom stereocenters. The van der Waals surface area contributed by atoms with E-state index in [0.717, 1.165) is 36.0 Å². The van der Waals surface area contributed by atoms with Crippen molar-refractivity contribution in [1.29, 1.82) is 0 Å². The van der Waals surface area contributed by atoms with Crippen molar-refractivity contribution in [3.8, 4) is 0 Å². The largest absolute Gasteiger partial charge is 0.467 e. The Bertz CT molecular complexity index is 875. The van der Waals surface area contributed by atoms with Crippen LogP contribution in [0.4, 0.5) is 0 Å². The van der Waals surface area contributed by atoms with Gasteiger partial charge in [-0.05, 0) is 55.0 Å². The summed E-state index contributed by atoms with van der Waals surface area (Å²) in [5, 5.41) is 4.31. The van der Waals surface area contributed by atoms with Gasteiger partial charge in [-0.1, -0.05) is 19.4 Å². The molecule has 3 aromatic heterocycles. The number of nitrogens with zero attached hydrogens (tertiary/aromatic N) is 3. The van der Waals surface area contributed by atoms with E-state index in [9.17, 15) is 0 Å². The molecule has 0 amide bonds. The van der Waals surface area contributed by atoms with Crippen LogP contribution in [0.1, 0.15) is 49.0 Å². The van der Waals surface area contributed by atoms with Crippen molar-refractivity contribution in [2.45, 2.75) is 38.4 Å². The van der Waals surface area contributed by atoms with Gasteiger partial charge in [0.2, 0.25) is 0 Å². The van der Waals surface area contributed by atoms with Crippen LogP contribution in [0, 0.1) is 0 Å². The van der Waals surface area contributed by atoms with Gasteiger partial charge in [-0.2, -0.15) is 0 Å². The van der Waals surface area contributed by atoms with Crippen LogP contribution in [0.5, 0.6) is 0 Å². The van der Waals surface area contributed by atoms with Crippen molar-refractivity contribution in [2.75, 3.05) is 6.54 Å². The maximum absolute atomic E-state index is 5.70. The molecule has 0 spiro atoms. The maximum Gasteiger partial charge on any atom is 0.170 e. The van der Waals surface area contributed by atoms with E-state index in [1.54, 1.807) is 6.26 Å². The average Bonchev–Trinajstić information content (AvgIpc) is 3.42. The van der Waals surface area contributed by atoms with Gasteiger partial charge in [0.25, 0.3) is 0 Å². The number of hydrogen-bond acceptors (Lipinski definition) is 3. The highest BCUT2D eigenvalue weighted by Crippen LogP contribution is 2.39. The molecule has 1 saturated heterocycles. The molecule has 140 valence electrons. The van der Waals surface area contributed by atoms with Crippen molar-refractivity contribution in [2.24, 2.45) is 0 Å². The monoisotopic (exact) mass is 380 g/mol. The predicted octanol–water partition coefficient (Wildman–Crippen LogP) is 4.30. The molecule has 0 aromatic carbocycles. The van der Waals surface area contributed by atoms with E-state index < -0.39 is 0 Å². The van der Waals surface area contributed by atoms with Crippen molar-refractivity contribution in [3.05, 3.63) is 78.3 Å². The van der Waals surface area contributed by atoms with Gasteiger partial charge < -0.3 is 19.2 Å². The van der Waals surface area contributed by atoms with E-state index in [1.807, 2.05) is 30.5 Å². The molecule has 0 radical (unpaired) electrons. The van der Waals surface area contributed by atoms with Gasteiger partial charge >= 0.3 is 0 Å². The van der Waals surface area contributed by atoms with E-state index >= 15 is 0 Å². The van der Waals surface area contributed by atoms with Crippen LogP contribution in [0.3, 0.4) is 0 Å². The fourth-order valence-electron chi connectivity index (χ4n) is 3.71. The van der Waals surface area contributed by atoms with Crippen molar-refractivity contribution in [3.63, 3.8) is 0 Å². The summed E-state index contributed by atoms with van der Waals surface area (Å²) in [5.74, 6) is 0.940. The van der Waals surface area contributed by atoms with Crippen molar-refractivity contribution in [1.82, 2.24) is 19.8 Å². The maximum atomic E-state index is 5.70. The first-order valence-electron chi connectivity index (χ1n) is 9.43. The average molecular weight is 381 g/mol. The summed E-state index contributed by atoms with van der Waals surface area (Å²) in [7, 11) is 0. The summed E-state index contributed by atoms with van der Waals surface area (Å²) in [6.07, 6.45) is 7.90. The Morgan fingerprint density at radius 2 is 2.11 bits per heavy atom. The molecule has 0 aliphatic carbocycles. The summed E-state index contributed by atoms with van der Waals surface area (Å²) in [5.41, 5.74) is 2.22. The third kappa shape index (κ3) is 3.62. The molecule has 4 rings (SSSR count). The number of nitrogens with one attached hydrogen (secondary N) is 1. The van der Waals surface area contributed by atoms with Crippen LogP contribution in [-0.4, -0.2) is 26.1 Å². The summed E-state index contributed by atoms with van der Waals surface area (Å²) in [6.45, 7) is 3.84. The van der Waals surface area contributed by atoms with Crippen molar-refractivity contribution >= 4 is 17.3 Å². The summed E-state index contributed by atoms with van der Waals surface area (Å²) in [4.78, 5) is 6.91. The number of hydrogen-bond donors (Lipinski definition) is 1. The van der Waals surface area contributed by atoms with Gasteiger partial charge in [-0.3, -0.25) is 4.98 Å². The van der Waals surface area contributed by atoms with Crippen molar-refractivity contribution < 1.29 is 4.42 Å². The molecule has 2 unspecified atom stereocenters. The normalized spacial score (nSPS) is 19.4. The second kappa shape index (κ2) is 7.96. The zero-order valence-electron chi connectivity index (χ0n) is 15.4. The molecule has 0 saturated carbocycles. The molecule has 0 bridgehead atoms. The Morgan fingerprint density at radius 1 is 1.19 bits per heavy atom. The molecular weight excluding hydrogens is 356 g/mol. The molecule has 3 aromatic rings. The Hall–Kier alpha value is -2.60. The molecular formula is C21H24N4OS. The van der Waals surface area contributed by atoms with Crippen LogP contribution in [-0.2, 0) is 6.54 Å². The lowest BCUT2D eigenvalue weighted by Crippen LogP contribution is -2.31. The first-order chi connectivity index (χ1) is 13.3. The van der Waals surface area contributed by atoms with Gasteiger partial charge in [-0.15, -0.1) is 0 Å². The lowest BCUT2D eigenvalue weighted by Gasteiger charge is -2.28. The zero-order chi connectivity index (χ0) is 18.6. The summed E-state index contributed by atoms with van der Waals surface area (Å²) < 4.78 is 7.80. The fourth-order valence-corrected chi connectivity index (χ4v) is 4.04. The highest BCUT2D eigenvalue weighted by atomic mass is 32.1. The molecule has 1 fully saturated rings. The molecule has 5 nitrogen and oxygen atoms in total. The van der Waals surface area contributed by atoms with E-state index in [1.165, 1.54) is 5.69 Å². The van der Waals surface area contributed by atoms with Crippen LogP contribution in [0.25, 0.3) is 0 Å². The number of pyridine rings is 1. The van der Waals surface area contributed by atoms with E-state index in [0.29, 0.717) is 6.54 Å². The first-order valence-corrected chi connectivity index (χ1v) is 9.84. The minimum Gasteiger partial charge on any atom is -0.467 e. The van der Waals surface area contributed by atoms with Gasteiger partial charge in [0.1, 0.15) is 5.76 Å². The number of unbranched alkanes of at least 4 members (excludes halogenated alkanes) is 1. The Balaban J connectivity index is 1.71. The fraction of sp³-hybridized carbons (Fsp3) is 0.333. The highest BCUT2D eigenvalue weighted by molar-refractivity contribution is 7.80. The molecule has 6 heteroatoms. The molecule has 1 aliphatic heterocycles. The van der Waals surface area contributed by atoms with Crippen LogP contribution >= 0.6 is 12.2 Å². The predicted molar refractivity (Wildman–Crippen MR) is 109 cm³/mol. The Morgan fingerprint density at radius 3 is 2.85 bits per heavy atom. The summed E-state index contributed by atoms with van der Waals surface area (Å²) in [6, 6.07) is 14.4. The molecule has 1 aliphatic rings. The Kier molecular flexibility index (Phi) is 5.25. The van der Waals surface area contributed by atoms with Crippen LogP contribution in [0.2, 0.25) is 0 Å². The Labute approximate surface area is 165 Å². The number of thiocarbonyl (C=S) groups is 1. The second-order valence-electron chi connectivity index (χ2n) is 6.81. The minimum atomic E-state index is 0.0285. The second-order valence-corrected chi connectivity index (χ2v) is 7.20. The number of rotatable bonds is 7. The molecule has 1 N–H and O–H groups in total. The van der Waals surface area contributed by atoms with Crippen LogP contribution < -0.4 is 5.32 Å². The quantitative estimate of drug-likeness (QED) is 0.619.